The van der Waals surface area contributed by atoms with Crippen molar-refractivity contribution in [3.63, 3.8) is 0 Å². The van der Waals surface area contributed by atoms with Crippen molar-refractivity contribution in [3.8, 4) is 11.3 Å². The van der Waals surface area contributed by atoms with E-state index >= 15 is 0 Å². The van der Waals surface area contributed by atoms with E-state index in [4.69, 9.17) is 9.62 Å². The number of pyridine rings is 1. The summed E-state index contributed by atoms with van der Waals surface area (Å²) in [5.41, 5.74) is 5.42. The zero-order chi connectivity index (χ0) is 20.0. The fourth-order valence-corrected chi connectivity index (χ4v) is 3.75. The Morgan fingerprint density at radius 2 is 2.17 bits per heavy atom. The standard InChI is InChI=1S/C21H20N6O2/c1-14-8-18(24-29-14)21(28)26-11-16-12-27(10-15-4-3-6-22-9-15)23-20(16)17-5-7-25(2)19(17)13-26/h3-9,12H,10-11,13H2,1-2H3. The van der Waals surface area contributed by atoms with Gasteiger partial charge in [-0.05, 0) is 24.6 Å². The molecule has 4 aromatic rings. The van der Waals surface area contributed by atoms with Gasteiger partial charge in [-0.15, -0.1) is 0 Å². The third-order valence-electron chi connectivity index (χ3n) is 5.20. The van der Waals surface area contributed by atoms with Crippen LogP contribution in [0.1, 0.15) is 33.1 Å². The Hall–Kier alpha value is -3.68. The highest BCUT2D eigenvalue weighted by Crippen LogP contribution is 2.32. The first-order valence-electron chi connectivity index (χ1n) is 9.41. The van der Waals surface area contributed by atoms with Crippen LogP contribution in [-0.2, 0) is 26.7 Å². The monoisotopic (exact) mass is 388 g/mol. The maximum atomic E-state index is 13.1. The average molecular weight is 388 g/mol. The van der Waals surface area contributed by atoms with Crippen LogP contribution < -0.4 is 0 Å². The van der Waals surface area contributed by atoms with Crippen molar-refractivity contribution in [1.29, 1.82) is 0 Å². The van der Waals surface area contributed by atoms with Crippen LogP contribution >= 0.6 is 0 Å². The van der Waals surface area contributed by atoms with Crippen LogP contribution in [0.4, 0.5) is 0 Å². The number of carbonyl (C=O) groups is 1. The van der Waals surface area contributed by atoms with Crippen molar-refractivity contribution in [2.45, 2.75) is 26.6 Å². The first kappa shape index (κ1) is 17.4. The largest absolute Gasteiger partial charge is 0.361 e. The lowest BCUT2D eigenvalue weighted by Crippen LogP contribution is -2.30. The molecule has 5 rings (SSSR count). The molecule has 0 aromatic carbocycles. The first-order valence-corrected chi connectivity index (χ1v) is 9.41. The highest BCUT2D eigenvalue weighted by Gasteiger charge is 2.29. The van der Waals surface area contributed by atoms with Gasteiger partial charge < -0.3 is 14.0 Å². The van der Waals surface area contributed by atoms with Crippen LogP contribution in [0.15, 0.2) is 53.6 Å². The molecule has 0 aliphatic carbocycles. The fourth-order valence-electron chi connectivity index (χ4n) is 3.75. The summed E-state index contributed by atoms with van der Waals surface area (Å²) in [4.78, 5) is 19.0. The summed E-state index contributed by atoms with van der Waals surface area (Å²) in [6.45, 7) is 3.35. The third kappa shape index (κ3) is 3.12. The number of amides is 1. The van der Waals surface area contributed by atoms with Crippen molar-refractivity contribution in [1.82, 2.24) is 29.4 Å². The van der Waals surface area contributed by atoms with Gasteiger partial charge in [0.2, 0.25) is 0 Å². The lowest BCUT2D eigenvalue weighted by Gasteiger charge is -2.20. The molecule has 146 valence electrons. The Kier molecular flexibility index (Phi) is 4.04. The molecule has 0 spiro atoms. The Labute approximate surface area is 167 Å². The van der Waals surface area contributed by atoms with Crippen LogP contribution in [0.3, 0.4) is 0 Å². The van der Waals surface area contributed by atoms with Crippen LogP contribution in [-0.4, -0.2) is 35.3 Å². The van der Waals surface area contributed by atoms with Crippen molar-refractivity contribution in [2.24, 2.45) is 7.05 Å². The van der Waals surface area contributed by atoms with Crippen molar-refractivity contribution < 1.29 is 9.32 Å². The maximum Gasteiger partial charge on any atom is 0.276 e. The minimum atomic E-state index is -0.151. The molecule has 0 N–H and O–H groups in total. The van der Waals surface area contributed by atoms with E-state index in [1.54, 1.807) is 24.1 Å². The first-order chi connectivity index (χ1) is 14.1. The summed E-state index contributed by atoms with van der Waals surface area (Å²) in [5.74, 6) is 0.467. The molecule has 1 aliphatic rings. The number of nitrogens with zero attached hydrogens (tertiary/aromatic N) is 6. The molecule has 1 aliphatic heterocycles. The average Bonchev–Trinajstić information content (AvgIpc) is 3.39. The highest BCUT2D eigenvalue weighted by atomic mass is 16.5. The van der Waals surface area contributed by atoms with Gasteiger partial charge in [0.1, 0.15) is 5.76 Å². The van der Waals surface area contributed by atoms with Gasteiger partial charge in [-0.2, -0.15) is 5.10 Å². The molecule has 4 aromatic heterocycles. The summed E-state index contributed by atoms with van der Waals surface area (Å²) in [6, 6.07) is 7.67. The Balaban J connectivity index is 1.54. The molecule has 8 nitrogen and oxygen atoms in total. The van der Waals surface area contributed by atoms with E-state index in [0.717, 1.165) is 28.1 Å². The van der Waals surface area contributed by atoms with Gasteiger partial charge in [-0.3, -0.25) is 14.5 Å². The van der Waals surface area contributed by atoms with E-state index in [1.807, 2.05) is 47.0 Å². The number of aryl methyl sites for hydroxylation is 2. The van der Waals surface area contributed by atoms with E-state index in [1.165, 1.54) is 0 Å². The van der Waals surface area contributed by atoms with Gasteiger partial charge in [0.15, 0.2) is 5.69 Å². The van der Waals surface area contributed by atoms with Gasteiger partial charge in [-0.25, -0.2) is 0 Å². The molecule has 0 radical (unpaired) electrons. The number of hydrogen-bond donors (Lipinski definition) is 0. The van der Waals surface area contributed by atoms with Crippen LogP contribution in [0.5, 0.6) is 0 Å². The van der Waals surface area contributed by atoms with Crippen LogP contribution in [0.2, 0.25) is 0 Å². The number of hydrogen-bond acceptors (Lipinski definition) is 5. The molecule has 0 unspecified atom stereocenters. The maximum absolute atomic E-state index is 13.1. The lowest BCUT2D eigenvalue weighted by molar-refractivity contribution is 0.0718. The van der Waals surface area contributed by atoms with Crippen LogP contribution in [0, 0.1) is 6.92 Å². The Morgan fingerprint density at radius 1 is 1.28 bits per heavy atom. The molecule has 0 atom stereocenters. The topological polar surface area (TPSA) is 82.0 Å². The number of carbonyl (C=O) groups excluding carboxylic acids is 1. The summed E-state index contributed by atoms with van der Waals surface area (Å²) in [5, 5.41) is 8.74. The molecule has 0 fully saturated rings. The molecule has 29 heavy (non-hydrogen) atoms. The summed E-state index contributed by atoms with van der Waals surface area (Å²) in [7, 11) is 1.99. The minimum Gasteiger partial charge on any atom is -0.361 e. The van der Waals surface area contributed by atoms with Gasteiger partial charge in [0.05, 0.1) is 25.3 Å². The molecule has 0 saturated carbocycles. The molecular formula is C21H20N6O2. The SMILES string of the molecule is Cc1cc(C(=O)N2Cc3cn(Cc4cccnc4)nc3-c3ccn(C)c3C2)no1. The normalized spacial score (nSPS) is 13.1. The lowest BCUT2D eigenvalue weighted by atomic mass is 10.1. The minimum absolute atomic E-state index is 0.151. The van der Waals surface area contributed by atoms with Gasteiger partial charge in [0, 0.05) is 54.7 Å². The third-order valence-corrected chi connectivity index (χ3v) is 5.20. The van der Waals surface area contributed by atoms with Crippen molar-refractivity contribution in [2.75, 3.05) is 0 Å². The quantitative estimate of drug-likeness (QED) is 0.539. The fraction of sp³-hybridized carbons (Fsp3) is 0.238. The summed E-state index contributed by atoms with van der Waals surface area (Å²) in [6.07, 6.45) is 7.61. The van der Waals surface area contributed by atoms with Crippen LogP contribution in [0.25, 0.3) is 11.3 Å². The van der Waals surface area contributed by atoms with E-state index < -0.39 is 0 Å². The van der Waals surface area contributed by atoms with Gasteiger partial charge >= 0.3 is 0 Å². The zero-order valence-corrected chi connectivity index (χ0v) is 16.2. The summed E-state index contributed by atoms with van der Waals surface area (Å²) >= 11 is 0. The van der Waals surface area contributed by atoms with E-state index in [0.29, 0.717) is 31.1 Å². The molecule has 5 heterocycles. The molecule has 0 saturated heterocycles. The Morgan fingerprint density at radius 3 is 2.93 bits per heavy atom. The van der Waals surface area contributed by atoms with E-state index in [9.17, 15) is 4.79 Å². The second-order valence-corrected chi connectivity index (χ2v) is 7.33. The zero-order valence-electron chi connectivity index (χ0n) is 16.2. The van der Waals surface area contributed by atoms with Gasteiger partial charge in [-0.1, -0.05) is 11.2 Å². The highest BCUT2D eigenvalue weighted by molar-refractivity contribution is 5.92. The number of aromatic nitrogens is 5. The molecule has 1 amide bonds. The summed E-state index contributed by atoms with van der Waals surface area (Å²) < 4.78 is 9.05. The molecule has 8 heteroatoms. The van der Waals surface area contributed by atoms with Gasteiger partial charge in [0.25, 0.3) is 5.91 Å². The van der Waals surface area contributed by atoms with Crippen molar-refractivity contribution in [3.05, 3.63) is 77.3 Å². The smallest absolute Gasteiger partial charge is 0.276 e. The Bertz CT molecular complexity index is 1190. The number of fused-ring (bicyclic) bond motifs is 3. The van der Waals surface area contributed by atoms with Crippen molar-refractivity contribution >= 4 is 5.91 Å². The number of rotatable bonds is 3. The molecular weight excluding hydrogens is 368 g/mol. The van der Waals surface area contributed by atoms with E-state index in [2.05, 4.69) is 16.2 Å². The predicted octanol–water partition coefficient (Wildman–Crippen LogP) is 2.78. The molecule has 0 bridgehead atoms. The second kappa shape index (κ2) is 6.73. The van der Waals surface area contributed by atoms with E-state index in [-0.39, 0.29) is 5.91 Å². The predicted molar refractivity (Wildman–Crippen MR) is 105 cm³/mol. The second-order valence-electron chi connectivity index (χ2n) is 7.33.